The van der Waals surface area contributed by atoms with E-state index in [0.717, 1.165) is 24.0 Å². The van der Waals surface area contributed by atoms with Gasteiger partial charge in [0, 0.05) is 36.2 Å². The fourth-order valence-electron chi connectivity index (χ4n) is 4.00. The maximum atomic E-state index is 13.7. The molecule has 36 heavy (non-hydrogen) atoms. The smallest absolute Gasteiger partial charge is 0.273 e. The molecule has 2 amide bonds. The van der Waals surface area contributed by atoms with Crippen molar-refractivity contribution in [2.24, 2.45) is 0 Å². The summed E-state index contributed by atoms with van der Waals surface area (Å²) in [7, 11) is 0. The molecule has 0 aliphatic carbocycles. The first-order chi connectivity index (χ1) is 17.4. The zero-order valence-corrected chi connectivity index (χ0v) is 21.0. The summed E-state index contributed by atoms with van der Waals surface area (Å²) in [6.45, 7) is 2.68. The highest BCUT2D eigenvalue weighted by molar-refractivity contribution is 6.30. The van der Waals surface area contributed by atoms with Gasteiger partial charge >= 0.3 is 0 Å². The van der Waals surface area contributed by atoms with Crippen LogP contribution in [-0.4, -0.2) is 34.2 Å². The first-order valence-electron chi connectivity index (χ1n) is 12.0. The van der Waals surface area contributed by atoms with Crippen LogP contribution in [0.3, 0.4) is 0 Å². The Bertz CT molecular complexity index is 1190. The molecule has 0 aliphatic rings. The Morgan fingerprint density at radius 2 is 1.69 bits per heavy atom. The SMILES string of the molecule is CCCCNC(=O)[C@@H](Cc1ccccc1)N(Cc1cccc(Cl)c1)C(=O)Cc1ccccc1[N+](=O)[O-]. The lowest BCUT2D eigenvalue weighted by molar-refractivity contribution is -0.385. The Hall–Kier alpha value is -3.71. The van der Waals surface area contributed by atoms with Crippen molar-refractivity contribution in [1.29, 1.82) is 0 Å². The molecule has 8 heteroatoms. The average Bonchev–Trinajstić information content (AvgIpc) is 2.87. The second-order valence-corrected chi connectivity index (χ2v) is 9.00. The fourth-order valence-corrected chi connectivity index (χ4v) is 4.21. The molecule has 0 saturated heterocycles. The fraction of sp³-hybridized carbons (Fsp3) is 0.286. The molecule has 0 radical (unpaired) electrons. The lowest BCUT2D eigenvalue weighted by atomic mass is 10.0. The van der Waals surface area contributed by atoms with Crippen LogP contribution in [0.5, 0.6) is 0 Å². The predicted molar refractivity (Wildman–Crippen MR) is 141 cm³/mol. The second-order valence-electron chi connectivity index (χ2n) is 8.56. The minimum atomic E-state index is -0.807. The largest absolute Gasteiger partial charge is 0.354 e. The number of nitro benzene ring substituents is 1. The van der Waals surface area contributed by atoms with Crippen molar-refractivity contribution >= 4 is 29.1 Å². The van der Waals surface area contributed by atoms with Crippen LogP contribution >= 0.6 is 11.6 Å². The number of carbonyl (C=O) groups excluding carboxylic acids is 2. The number of benzene rings is 3. The molecule has 0 aliphatic heterocycles. The van der Waals surface area contributed by atoms with Gasteiger partial charge < -0.3 is 10.2 Å². The van der Waals surface area contributed by atoms with Crippen molar-refractivity contribution in [2.75, 3.05) is 6.54 Å². The van der Waals surface area contributed by atoms with Gasteiger partial charge in [0.2, 0.25) is 11.8 Å². The molecule has 3 aromatic carbocycles. The first-order valence-corrected chi connectivity index (χ1v) is 12.3. The first kappa shape index (κ1) is 26.9. The van der Waals surface area contributed by atoms with Gasteiger partial charge in [0.15, 0.2) is 0 Å². The lowest BCUT2D eigenvalue weighted by Crippen LogP contribution is -2.51. The minimum Gasteiger partial charge on any atom is -0.354 e. The van der Waals surface area contributed by atoms with Gasteiger partial charge in [-0.2, -0.15) is 0 Å². The maximum absolute atomic E-state index is 13.7. The van der Waals surface area contributed by atoms with Crippen LogP contribution in [0.4, 0.5) is 5.69 Å². The molecule has 3 aromatic rings. The van der Waals surface area contributed by atoms with E-state index in [2.05, 4.69) is 5.32 Å². The van der Waals surface area contributed by atoms with Crippen LogP contribution in [0.15, 0.2) is 78.9 Å². The summed E-state index contributed by atoms with van der Waals surface area (Å²) in [4.78, 5) is 39.7. The summed E-state index contributed by atoms with van der Waals surface area (Å²) < 4.78 is 0. The van der Waals surface area contributed by atoms with Crippen molar-refractivity contribution < 1.29 is 14.5 Å². The number of amides is 2. The van der Waals surface area contributed by atoms with Gasteiger partial charge in [-0.15, -0.1) is 0 Å². The summed E-state index contributed by atoms with van der Waals surface area (Å²) in [6, 6.07) is 22.0. The summed E-state index contributed by atoms with van der Waals surface area (Å²) in [5.41, 5.74) is 1.84. The van der Waals surface area contributed by atoms with E-state index in [1.807, 2.05) is 43.3 Å². The lowest BCUT2D eigenvalue weighted by Gasteiger charge is -2.31. The number of nitro groups is 1. The van der Waals surface area contributed by atoms with E-state index in [1.165, 1.54) is 11.0 Å². The van der Waals surface area contributed by atoms with Gasteiger partial charge in [-0.3, -0.25) is 19.7 Å². The number of nitrogens with one attached hydrogen (secondary N) is 1. The van der Waals surface area contributed by atoms with Gasteiger partial charge in [-0.05, 0) is 29.7 Å². The van der Waals surface area contributed by atoms with E-state index >= 15 is 0 Å². The summed E-state index contributed by atoms with van der Waals surface area (Å²) in [5, 5.41) is 15.0. The predicted octanol–water partition coefficient (Wildman–Crippen LogP) is 5.35. The van der Waals surface area contributed by atoms with E-state index in [1.54, 1.807) is 36.4 Å². The number of carbonyl (C=O) groups is 2. The Morgan fingerprint density at radius 1 is 1.00 bits per heavy atom. The molecule has 0 heterocycles. The molecule has 1 N–H and O–H groups in total. The summed E-state index contributed by atoms with van der Waals surface area (Å²) in [6.07, 6.45) is 1.85. The molecule has 0 spiro atoms. The van der Waals surface area contributed by atoms with Crippen LogP contribution < -0.4 is 5.32 Å². The summed E-state index contributed by atoms with van der Waals surface area (Å²) >= 11 is 6.19. The third-order valence-electron chi connectivity index (χ3n) is 5.87. The van der Waals surface area contributed by atoms with E-state index in [4.69, 9.17) is 11.6 Å². The Balaban J connectivity index is 1.99. The Labute approximate surface area is 216 Å². The summed E-state index contributed by atoms with van der Waals surface area (Å²) in [5.74, 6) is -0.638. The van der Waals surface area contributed by atoms with E-state index < -0.39 is 11.0 Å². The highest BCUT2D eigenvalue weighted by atomic mass is 35.5. The minimum absolute atomic E-state index is 0.124. The topological polar surface area (TPSA) is 92.6 Å². The molecule has 0 bridgehead atoms. The molecule has 3 rings (SSSR count). The van der Waals surface area contributed by atoms with Crippen LogP contribution in [-0.2, 0) is 29.0 Å². The van der Waals surface area contributed by atoms with E-state index in [9.17, 15) is 19.7 Å². The van der Waals surface area contributed by atoms with Gasteiger partial charge in [0.25, 0.3) is 5.69 Å². The normalized spacial score (nSPS) is 11.5. The van der Waals surface area contributed by atoms with Crippen molar-refractivity contribution in [3.63, 3.8) is 0 Å². The van der Waals surface area contributed by atoms with E-state index in [-0.39, 0.29) is 30.5 Å². The van der Waals surface area contributed by atoms with Crippen molar-refractivity contribution in [3.05, 3.63) is 111 Å². The van der Waals surface area contributed by atoms with E-state index in [0.29, 0.717) is 23.6 Å². The zero-order chi connectivity index (χ0) is 25.9. The zero-order valence-electron chi connectivity index (χ0n) is 20.2. The van der Waals surface area contributed by atoms with Crippen LogP contribution in [0.25, 0.3) is 0 Å². The van der Waals surface area contributed by atoms with Crippen molar-refractivity contribution in [2.45, 2.75) is 45.2 Å². The third-order valence-corrected chi connectivity index (χ3v) is 6.11. The van der Waals surface area contributed by atoms with Gasteiger partial charge in [0.1, 0.15) is 6.04 Å². The van der Waals surface area contributed by atoms with Gasteiger partial charge in [-0.25, -0.2) is 0 Å². The number of halogens is 1. The van der Waals surface area contributed by atoms with Crippen LogP contribution in [0.2, 0.25) is 5.02 Å². The molecule has 0 aromatic heterocycles. The highest BCUT2D eigenvalue weighted by Crippen LogP contribution is 2.22. The second kappa shape index (κ2) is 13.4. The molecule has 0 fully saturated rings. The molecule has 0 unspecified atom stereocenters. The molecule has 7 nitrogen and oxygen atoms in total. The standard InChI is InChI=1S/C28H30ClN3O4/c1-2-3-16-30-28(34)26(18-21-10-5-4-6-11-21)31(20-22-12-9-14-24(29)17-22)27(33)19-23-13-7-8-15-25(23)32(35)36/h4-15,17,26H,2-3,16,18-20H2,1H3,(H,30,34)/t26-/m1/s1. The van der Waals surface area contributed by atoms with Crippen molar-refractivity contribution in [1.82, 2.24) is 10.2 Å². The monoisotopic (exact) mass is 507 g/mol. The average molecular weight is 508 g/mol. The van der Waals surface area contributed by atoms with Gasteiger partial charge in [-0.1, -0.05) is 85.6 Å². The molecular formula is C28H30ClN3O4. The molecule has 0 saturated carbocycles. The maximum Gasteiger partial charge on any atom is 0.273 e. The van der Waals surface area contributed by atoms with Crippen LogP contribution in [0, 0.1) is 10.1 Å². The number of hydrogen-bond donors (Lipinski definition) is 1. The van der Waals surface area contributed by atoms with Crippen LogP contribution in [0.1, 0.15) is 36.5 Å². The number of rotatable bonds is 12. The number of hydrogen-bond acceptors (Lipinski definition) is 4. The Morgan fingerprint density at radius 3 is 2.39 bits per heavy atom. The quantitative estimate of drug-likeness (QED) is 0.203. The Kier molecular flexibility index (Phi) is 10.0. The molecule has 1 atom stereocenters. The van der Waals surface area contributed by atoms with Gasteiger partial charge in [0.05, 0.1) is 11.3 Å². The highest BCUT2D eigenvalue weighted by Gasteiger charge is 2.31. The molecular weight excluding hydrogens is 478 g/mol. The van der Waals surface area contributed by atoms with Crippen molar-refractivity contribution in [3.8, 4) is 0 Å². The number of nitrogens with zero attached hydrogens (tertiary/aromatic N) is 2. The number of para-hydroxylation sites is 1. The number of unbranched alkanes of at least 4 members (excludes halogenated alkanes) is 1. The third kappa shape index (κ3) is 7.65. The molecule has 188 valence electrons.